The normalized spacial score (nSPS) is 11.0. The van der Waals surface area contributed by atoms with Gasteiger partial charge in [-0.3, -0.25) is 0 Å². The largest absolute Gasteiger partial charge is 0.478 e. The third-order valence-electron chi connectivity index (χ3n) is 2.15. The van der Waals surface area contributed by atoms with Crippen molar-refractivity contribution in [3.8, 4) is 0 Å². The minimum absolute atomic E-state index is 0.00907. The molecule has 0 bridgehead atoms. The van der Waals surface area contributed by atoms with Gasteiger partial charge in [-0.2, -0.15) is 13.2 Å². The Bertz CT molecular complexity index is 520. The number of nitrogens with one attached hydrogen (secondary N) is 2. The highest BCUT2D eigenvalue weighted by Gasteiger charge is 2.26. The Morgan fingerprint density at radius 1 is 1.30 bits per heavy atom. The van der Waals surface area contributed by atoms with Crippen LogP contribution in [0.2, 0.25) is 0 Å². The molecular weight excluding hydrogens is 345 g/mol. The van der Waals surface area contributed by atoms with Crippen molar-refractivity contribution in [2.75, 3.05) is 11.9 Å². The van der Waals surface area contributed by atoms with E-state index in [1.54, 1.807) is 0 Å². The lowest BCUT2D eigenvalue weighted by molar-refractivity contribution is -0.132. The number of amides is 2. The molecule has 0 unspecified atom stereocenters. The van der Waals surface area contributed by atoms with Crippen molar-refractivity contribution in [3.05, 3.63) is 28.2 Å². The molecule has 2 amide bonds. The first-order valence-corrected chi connectivity index (χ1v) is 6.13. The van der Waals surface area contributed by atoms with Crippen LogP contribution in [0, 0.1) is 0 Å². The van der Waals surface area contributed by atoms with Crippen molar-refractivity contribution in [1.82, 2.24) is 5.32 Å². The number of carboxylic acid groups (broad SMARTS) is 1. The van der Waals surface area contributed by atoms with Gasteiger partial charge in [0.15, 0.2) is 0 Å². The topological polar surface area (TPSA) is 78.4 Å². The number of anilines is 1. The number of hydrogen-bond acceptors (Lipinski definition) is 2. The molecule has 20 heavy (non-hydrogen) atoms. The maximum atomic E-state index is 11.9. The molecule has 1 aromatic carbocycles. The van der Waals surface area contributed by atoms with E-state index in [4.69, 9.17) is 5.11 Å². The van der Waals surface area contributed by atoms with E-state index in [1.165, 1.54) is 18.2 Å². The van der Waals surface area contributed by atoms with Crippen LogP contribution in [0.25, 0.3) is 0 Å². The lowest BCUT2D eigenvalue weighted by Gasteiger charge is -2.11. The van der Waals surface area contributed by atoms with Gasteiger partial charge in [0.05, 0.1) is 17.7 Å². The molecule has 5 nitrogen and oxygen atoms in total. The quantitative estimate of drug-likeness (QED) is 0.776. The Kier molecular flexibility index (Phi) is 5.37. The Morgan fingerprint density at radius 3 is 2.50 bits per heavy atom. The van der Waals surface area contributed by atoms with Gasteiger partial charge in [0.2, 0.25) is 0 Å². The van der Waals surface area contributed by atoms with Crippen LogP contribution >= 0.6 is 15.9 Å². The summed E-state index contributed by atoms with van der Waals surface area (Å²) >= 11 is 3.08. The smallest absolute Gasteiger partial charge is 0.390 e. The zero-order valence-electron chi connectivity index (χ0n) is 9.92. The molecule has 0 spiro atoms. The van der Waals surface area contributed by atoms with E-state index in [9.17, 15) is 22.8 Å². The fourth-order valence-corrected chi connectivity index (χ4v) is 1.65. The monoisotopic (exact) mass is 354 g/mol. The molecule has 0 heterocycles. The maximum Gasteiger partial charge on any atom is 0.390 e. The predicted octanol–water partition coefficient (Wildman–Crippen LogP) is 3.22. The first kappa shape index (κ1) is 16.3. The van der Waals surface area contributed by atoms with Gasteiger partial charge in [-0.15, -0.1) is 0 Å². The Balaban J connectivity index is 2.64. The fraction of sp³-hybridized carbons (Fsp3) is 0.273. The zero-order chi connectivity index (χ0) is 15.3. The third kappa shape index (κ3) is 5.47. The average Bonchev–Trinajstić information content (AvgIpc) is 2.29. The van der Waals surface area contributed by atoms with Gasteiger partial charge in [0.1, 0.15) is 0 Å². The highest BCUT2D eigenvalue weighted by Crippen LogP contribution is 2.21. The molecule has 9 heteroatoms. The molecule has 0 atom stereocenters. The molecule has 0 aromatic heterocycles. The summed E-state index contributed by atoms with van der Waals surface area (Å²) in [6.07, 6.45) is -5.52. The van der Waals surface area contributed by atoms with E-state index in [2.05, 4.69) is 21.2 Å². The molecular formula is C11H10BrF3N2O3. The number of halogens is 4. The summed E-state index contributed by atoms with van der Waals surface area (Å²) in [5.74, 6) is -1.27. The van der Waals surface area contributed by atoms with Crippen LogP contribution in [-0.2, 0) is 0 Å². The van der Waals surface area contributed by atoms with Crippen molar-refractivity contribution in [2.24, 2.45) is 0 Å². The van der Waals surface area contributed by atoms with Crippen LogP contribution < -0.4 is 10.6 Å². The van der Waals surface area contributed by atoms with Crippen LogP contribution in [0.3, 0.4) is 0 Å². The first-order valence-electron chi connectivity index (χ1n) is 5.33. The van der Waals surface area contributed by atoms with Crippen LogP contribution in [-0.4, -0.2) is 29.8 Å². The number of carbonyl (C=O) groups excluding carboxylic acids is 1. The van der Waals surface area contributed by atoms with Crippen LogP contribution in [0.1, 0.15) is 16.8 Å². The predicted molar refractivity (Wildman–Crippen MR) is 68.8 cm³/mol. The molecule has 110 valence electrons. The number of benzene rings is 1. The van der Waals surface area contributed by atoms with Crippen molar-refractivity contribution >= 4 is 33.6 Å². The Morgan fingerprint density at radius 2 is 1.95 bits per heavy atom. The second-order valence-electron chi connectivity index (χ2n) is 3.74. The lowest BCUT2D eigenvalue weighted by atomic mass is 10.2. The zero-order valence-corrected chi connectivity index (χ0v) is 11.5. The number of aromatic carboxylic acids is 1. The molecule has 0 aliphatic rings. The van der Waals surface area contributed by atoms with E-state index < -0.39 is 31.1 Å². The number of rotatable bonds is 4. The Labute approximate surface area is 120 Å². The number of hydrogen-bond donors (Lipinski definition) is 3. The summed E-state index contributed by atoms with van der Waals surface area (Å²) in [6, 6.07) is 3.20. The van der Waals surface area contributed by atoms with Gasteiger partial charge in [-0.05, 0) is 18.2 Å². The average molecular weight is 355 g/mol. The van der Waals surface area contributed by atoms with E-state index in [1.807, 2.05) is 5.32 Å². The molecule has 3 N–H and O–H groups in total. The molecule has 0 aliphatic carbocycles. The summed E-state index contributed by atoms with van der Waals surface area (Å²) in [5, 5.41) is 13.1. The van der Waals surface area contributed by atoms with Crippen LogP contribution in [0.4, 0.5) is 23.7 Å². The highest BCUT2D eigenvalue weighted by atomic mass is 79.9. The molecule has 0 saturated heterocycles. The Hall–Kier alpha value is -1.77. The highest BCUT2D eigenvalue weighted by molar-refractivity contribution is 9.10. The maximum absolute atomic E-state index is 11.9. The fourth-order valence-electron chi connectivity index (χ4n) is 1.29. The summed E-state index contributed by atoms with van der Waals surface area (Å²) in [5.41, 5.74) is -0.185. The van der Waals surface area contributed by atoms with E-state index in [0.717, 1.165) is 0 Å². The van der Waals surface area contributed by atoms with Crippen molar-refractivity contribution < 1.29 is 27.9 Å². The molecule has 0 saturated carbocycles. The van der Waals surface area contributed by atoms with E-state index >= 15 is 0 Å². The summed E-state index contributed by atoms with van der Waals surface area (Å²) in [4.78, 5) is 22.3. The van der Waals surface area contributed by atoms with Crippen molar-refractivity contribution in [1.29, 1.82) is 0 Å². The van der Waals surface area contributed by atoms with E-state index in [0.29, 0.717) is 4.47 Å². The molecule has 1 aromatic rings. The molecule has 0 radical (unpaired) electrons. The lowest BCUT2D eigenvalue weighted by Crippen LogP contribution is -2.32. The van der Waals surface area contributed by atoms with Gasteiger partial charge in [-0.25, -0.2) is 9.59 Å². The van der Waals surface area contributed by atoms with Crippen molar-refractivity contribution in [2.45, 2.75) is 12.6 Å². The van der Waals surface area contributed by atoms with Gasteiger partial charge in [0.25, 0.3) is 0 Å². The van der Waals surface area contributed by atoms with Crippen molar-refractivity contribution in [3.63, 3.8) is 0 Å². The number of urea groups is 1. The SMILES string of the molecule is O=C(NCCC(F)(F)F)Nc1ccc(Br)cc1C(=O)O. The van der Waals surface area contributed by atoms with E-state index in [-0.39, 0.29) is 11.3 Å². The summed E-state index contributed by atoms with van der Waals surface area (Å²) in [7, 11) is 0. The first-order chi connectivity index (χ1) is 9.19. The van der Waals surface area contributed by atoms with Gasteiger partial charge >= 0.3 is 18.2 Å². The van der Waals surface area contributed by atoms with Crippen LogP contribution in [0.15, 0.2) is 22.7 Å². The van der Waals surface area contributed by atoms with Gasteiger partial charge < -0.3 is 15.7 Å². The second kappa shape index (κ2) is 6.60. The molecule has 1 rings (SSSR count). The molecule has 0 fully saturated rings. The van der Waals surface area contributed by atoms with Gasteiger partial charge in [-0.1, -0.05) is 15.9 Å². The number of alkyl halides is 3. The molecule has 0 aliphatic heterocycles. The second-order valence-corrected chi connectivity index (χ2v) is 4.66. The number of carbonyl (C=O) groups is 2. The standard InChI is InChI=1S/C11H10BrF3N2O3/c12-6-1-2-8(7(5-6)9(18)19)17-10(20)16-4-3-11(13,14)15/h1-2,5H,3-4H2,(H,18,19)(H2,16,17,20). The number of carboxylic acids is 1. The summed E-state index contributed by atoms with van der Waals surface area (Å²) in [6.45, 7) is -0.589. The summed E-state index contributed by atoms with van der Waals surface area (Å²) < 4.78 is 36.2. The minimum Gasteiger partial charge on any atom is -0.478 e. The third-order valence-corrected chi connectivity index (χ3v) is 2.65. The van der Waals surface area contributed by atoms with Gasteiger partial charge in [0, 0.05) is 11.0 Å². The van der Waals surface area contributed by atoms with Crippen LogP contribution in [0.5, 0.6) is 0 Å². The minimum atomic E-state index is -4.36.